The van der Waals surface area contributed by atoms with Crippen LogP contribution in [0.25, 0.3) is 16.6 Å². The number of nitrogens with zero attached hydrogens (tertiary/aromatic N) is 1. The number of para-hydroxylation sites is 1. The van der Waals surface area contributed by atoms with Crippen LogP contribution < -0.4 is 15.5 Å². The molecule has 2 aromatic carbocycles. The number of aryl methyl sites for hydroxylation is 2. The first kappa shape index (κ1) is 24.4. The quantitative estimate of drug-likeness (QED) is 0.316. The first-order valence-electron chi connectivity index (χ1n) is 11.5. The van der Waals surface area contributed by atoms with Gasteiger partial charge < -0.3 is 15.0 Å². The van der Waals surface area contributed by atoms with Crippen molar-refractivity contribution in [3.8, 4) is 0 Å². The monoisotopic (exact) mass is 450 g/mol. The van der Waals surface area contributed by atoms with Gasteiger partial charge in [0.05, 0.1) is 25.1 Å². The molecule has 1 heterocycles. The van der Waals surface area contributed by atoms with Crippen LogP contribution in [0.15, 0.2) is 43.0 Å². The molecule has 0 spiro atoms. The molecular formula is C27H39N4P. The van der Waals surface area contributed by atoms with Crippen molar-refractivity contribution >= 4 is 36.2 Å². The maximum Gasteiger partial charge on any atom is 0.0648 e. The number of nitrogens with one attached hydrogen (secondary N) is 3. The molecule has 1 atom stereocenters. The molecule has 0 aliphatic rings. The van der Waals surface area contributed by atoms with Crippen LogP contribution >= 0.6 is 8.22 Å². The zero-order chi connectivity index (χ0) is 23.6. The zero-order valence-electron chi connectivity index (χ0n) is 21.0. The van der Waals surface area contributed by atoms with Crippen LogP contribution in [-0.2, 0) is 25.3 Å². The van der Waals surface area contributed by atoms with Gasteiger partial charge in [0, 0.05) is 23.8 Å². The maximum absolute atomic E-state index is 4.45. The van der Waals surface area contributed by atoms with Crippen LogP contribution in [0.1, 0.15) is 57.0 Å². The molecule has 3 N–H and O–H groups in total. The highest BCUT2D eigenvalue weighted by molar-refractivity contribution is 7.56. The summed E-state index contributed by atoms with van der Waals surface area (Å²) in [6, 6.07) is 13.4. The van der Waals surface area contributed by atoms with Crippen molar-refractivity contribution in [1.82, 2.24) is 9.65 Å². The van der Waals surface area contributed by atoms with Gasteiger partial charge in [0.1, 0.15) is 0 Å². The van der Waals surface area contributed by atoms with E-state index in [1.54, 1.807) is 0 Å². The van der Waals surface area contributed by atoms with Gasteiger partial charge in [-0.1, -0.05) is 59.4 Å². The molecular weight excluding hydrogens is 411 g/mol. The largest absolute Gasteiger partial charge is 0.354 e. The molecule has 1 aromatic heterocycles. The first-order chi connectivity index (χ1) is 15.1. The lowest BCUT2D eigenvalue weighted by Crippen LogP contribution is -2.15. The molecule has 4 nitrogen and oxygen atoms in total. The summed E-state index contributed by atoms with van der Waals surface area (Å²) >= 11 is 0. The van der Waals surface area contributed by atoms with Crippen LogP contribution in [0.4, 0.5) is 11.4 Å². The Labute approximate surface area is 195 Å². The smallest absolute Gasteiger partial charge is 0.0648 e. The van der Waals surface area contributed by atoms with Crippen molar-refractivity contribution in [3.63, 3.8) is 0 Å². The second-order valence-corrected chi connectivity index (χ2v) is 11.2. The van der Waals surface area contributed by atoms with Crippen molar-refractivity contribution in [2.24, 2.45) is 7.05 Å². The third kappa shape index (κ3) is 4.87. The lowest BCUT2D eigenvalue weighted by atomic mass is 9.85. The molecule has 0 fully saturated rings. The maximum atomic E-state index is 4.45. The molecule has 32 heavy (non-hydrogen) atoms. The van der Waals surface area contributed by atoms with Crippen LogP contribution in [0.5, 0.6) is 0 Å². The minimum absolute atomic E-state index is 0.0479. The topological polar surface area (TPSA) is 41.0 Å². The molecule has 0 bridgehead atoms. The van der Waals surface area contributed by atoms with Gasteiger partial charge >= 0.3 is 0 Å². The molecule has 3 aromatic rings. The van der Waals surface area contributed by atoms with E-state index in [1.807, 2.05) is 7.05 Å². The van der Waals surface area contributed by atoms with E-state index < -0.39 is 8.22 Å². The zero-order valence-corrected chi connectivity index (χ0v) is 21.9. The molecule has 0 aliphatic carbocycles. The second kappa shape index (κ2) is 9.68. The highest BCUT2D eigenvalue weighted by atomic mass is 31.1. The average molecular weight is 451 g/mol. The fourth-order valence-corrected chi connectivity index (χ4v) is 4.91. The number of hydrogen-bond acceptors (Lipinski definition) is 3. The summed E-state index contributed by atoms with van der Waals surface area (Å²) in [6.07, 6.45) is 1.95. The third-order valence-electron chi connectivity index (χ3n) is 6.21. The standard InChI is InChI=1S/C27H39N4P/c1-10-19-13-12-14-20-15-25(31(8)26(19)20)18(3)29-23-16-21(27(4,5)6)17-24(22(23)11-2)30-32(9)28-7/h12-17,28-30H,3,10-11H2,1-2,4-9H3. The molecule has 172 valence electrons. The van der Waals surface area contributed by atoms with E-state index in [1.165, 1.54) is 33.3 Å². The predicted molar refractivity (Wildman–Crippen MR) is 145 cm³/mol. The highest BCUT2D eigenvalue weighted by Crippen LogP contribution is 2.39. The van der Waals surface area contributed by atoms with Gasteiger partial charge in [-0.05, 0) is 66.9 Å². The van der Waals surface area contributed by atoms with Crippen molar-refractivity contribution in [2.45, 2.75) is 52.9 Å². The second-order valence-electron chi connectivity index (χ2n) is 9.45. The lowest BCUT2D eigenvalue weighted by molar-refractivity contribution is 0.590. The Morgan fingerprint density at radius 2 is 1.75 bits per heavy atom. The molecule has 0 aliphatic heterocycles. The van der Waals surface area contributed by atoms with E-state index in [0.29, 0.717) is 0 Å². The molecule has 0 amide bonds. The summed E-state index contributed by atoms with van der Waals surface area (Å²) in [7, 11) is 3.66. The Balaban J connectivity index is 2.07. The van der Waals surface area contributed by atoms with E-state index in [0.717, 1.165) is 29.9 Å². The summed E-state index contributed by atoms with van der Waals surface area (Å²) < 4.78 is 2.27. The van der Waals surface area contributed by atoms with E-state index in [4.69, 9.17) is 0 Å². The molecule has 1 unspecified atom stereocenters. The number of benzene rings is 2. The van der Waals surface area contributed by atoms with Crippen molar-refractivity contribution in [1.29, 1.82) is 0 Å². The van der Waals surface area contributed by atoms with Gasteiger partial charge in [-0.2, -0.15) is 0 Å². The van der Waals surface area contributed by atoms with Crippen LogP contribution in [0, 0.1) is 0 Å². The van der Waals surface area contributed by atoms with Gasteiger partial charge in [-0.3, -0.25) is 5.09 Å². The minimum Gasteiger partial charge on any atom is -0.354 e. The minimum atomic E-state index is -0.480. The lowest BCUT2D eigenvalue weighted by Gasteiger charge is -2.26. The van der Waals surface area contributed by atoms with Crippen molar-refractivity contribution in [2.75, 3.05) is 24.1 Å². The Bertz CT molecular complexity index is 1120. The third-order valence-corrected chi connectivity index (χ3v) is 7.46. The van der Waals surface area contributed by atoms with Crippen LogP contribution in [-0.4, -0.2) is 18.3 Å². The Hall–Kier alpha value is -2.29. The van der Waals surface area contributed by atoms with Crippen molar-refractivity contribution in [3.05, 3.63) is 65.4 Å². The number of fused-ring (bicyclic) bond motifs is 1. The summed E-state index contributed by atoms with van der Waals surface area (Å²) in [5.41, 5.74) is 9.66. The number of anilines is 2. The van der Waals surface area contributed by atoms with Gasteiger partial charge in [0.2, 0.25) is 0 Å². The number of aromatic nitrogens is 1. The first-order valence-corrected chi connectivity index (χ1v) is 13.3. The van der Waals surface area contributed by atoms with Crippen LogP contribution in [0.2, 0.25) is 0 Å². The number of rotatable bonds is 8. The van der Waals surface area contributed by atoms with E-state index in [9.17, 15) is 0 Å². The Morgan fingerprint density at radius 3 is 2.34 bits per heavy atom. The molecule has 0 saturated carbocycles. The molecule has 3 rings (SSSR count). The summed E-state index contributed by atoms with van der Waals surface area (Å²) in [4.78, 5) is 0. The fraction of sp³-hybridized carbons (Fsp3) is 0.407. The van der Waals surface area contributed by atoms with Gasteiger partial charge in [-0.25, -0.2) is 0 Å². The van der Waals surface area contributed by atoms with Crippen molar-refractivity contribution < 1.29 is 0 Å². The van der Waals surface area contributed by atoms with Gasteiger partial charge in [0.25, 0.3) is 0 Å². The van der Waals surface area contributed by atoms with Crippen LogP contribution in [0.3, 0.4) is 0 Å². The fourth-order valence-electron chi connectivity index (χ4n) is 4.24. The Kier molecular flexibility index (Phi) is 7.37. The summed E-state index contributed by atoms with van der Waals surface area (Å²) in [5, 5.41) is 12.0. The van der Waals surface area contributed by atoms with E-state index in [-0.39, 0.29) is 5.41 Å². The molecule has 0 radical (unpaired) electrons. The van der Waals surface area contributed by atoms with E-state index in [2.05, 4.69) is 111 Å². The van der Waals surface area contributed by atoms with Gasteiger partial charge in [-0.15, -0.1) is 0 Å². The highest BCUT2D eigenvalue weighted by Gasteiger charge is 2.20. The molecule has 0 saturated heterocycles. The normalized spacial score (nSPS) is 12.8. The SMILES string of the molecule is C=C(Nc1cc(C(C)(C)C)cc(NP(C)NC)c1CC)c1cc2cccc(CC)c2n1C. The Morgan fingerprint density at radius 1 is 1.06 bits per heavy atom. The predicted octanol–water partition coefficient (Wildman–Crippen LogP) is 7.26. The summed E-state index contributed by atoms with van der Waals surface area (Å²) in [5.74, 6) is 0. The average Bonchev–Trinajstić information content (AvgIpc) is 3.09. The number of hydrogen-bond donors (Lipinski definition) is 3. The summed E-state index contributed by atoms with van der Waals surface area (Å²) in [6.45, 7) is 17.9. The molecule has 5 heteroatoms. The van der Waals surface area contributed by atoms with Gasteiger partial charge in [0.15, 0.2) is 0 Å². The van der Waals surface area contributed by atoms with E-state index >= 15 is 0 Å².